The van der Waals surface area contributed by atoms with E-state index in [0.717, 1.165) is 6.20 Å². The van der Waals surface area contributed by atoms with Crippen LogP contribution in [0.25, 0.3) is 0 Å². The highest BCUT2D eigenvalue weighted by Gasteiger charge is 2.13. The van der Waals surface area contributed by atoms with Crippen molar-refractivity contribution >= 4 is 17.7 Å². The Morgan fingerprint density at radius 2 is 2.25 bits per heavy atom. The smallest absolute Gasteiger partial charge is 0.239 e. The number of amides is 1. The first-order chi connectivity index (χ1) is 7.58. The minimum atomic E-state index is -0.564. The Hall–Kier alpha value is -1.92. The number of anilines is 2. The molecule has 0 aromatic carbocycles. The number of carbonyl (C=O) groups is 1. The second-order valence-electron chi connectivity index (χ2n) is 3.14. The van der Waals surface area contributed by atoms with E-state index >= 15 is 0 Å². The second kappa shape index (κ2) is 5.24. The van der Waals surface area contributed by atoms with E-state index in [-0.39, 0.29) is 18.3 Å². The number of aromatic nitrogens is 2. The molecule has 88 valence electrons. The maximum atomic E-state index is 13.4. The lowest BCUT2D eigenvalue weighted by Gasteiger charge is -2.17. The molecule has 1 rings (SSSR count). The van der Waals surface area contributed by atoms with Crippen molar-refractivity contribution in [2.24, 2.45) is 0 Å². The molecule has 6 nitrogen and oxygen atoms in total. The molecule has 2 N–H and O–H groups in total. The van der Waals surface area contributed by atoms with Crippen LogP contribution in [-0.2, 0) is 4.79 Å². The van der Waals surface area contributed by atoms with Gasteiger partial charge in [-0.05, 0) is 0 Å². The summed E-state index contributed by atoms with van der Waals surface area (Å²) in [4.78, 5) is 20.2. The van der Waals surface area contributed by atoms with Crippen molar-refractivity contribution in [3.8, 4) is 0 Å². The van der Waals surface area contributed by atoms with E-state index in [2.05, 4.69) is 20.6 Å². The predicted molar refractivity (Wildman–Crippen MR) is 58.9 cm³/mol. The third-order valence-corrected chi connectivity index (χ3v) is 1.97. The molecule has 0 bridgehead atoms. The SMILES string of the molecule is CNC(=O)CN(C)c1nc(NC)ncc1F. The van der Waals surface area contributed by atoms with E-state index in [4.69, 9.17) is 0 Å². The summed E-state index contributed by atoms with van der Waals surface area (Å²) in [5, 5.41) is 5.15. The summed E-state index contributed by atoms with van der Waals surface area (Å²) in [6, 6.07) is 0. The zero-order valence-electron chi connectivity index (χ0n) is 9.41. The van der Waals surface area contributed by atoms with E-state index in [9.17, 15) is 9.18 Å². The molecule has 0 spiro atoms. The first-order valence-corrected chi connectivity index (χ1v) is 4.70. The van der Waals surface area contributed by atoms with Gasteiger partial charge in [-0.3, -0.25) is 4.79 Å². The van der Waals surface area contributed by atoms with Crippen molar-refractivity contribution in [3.05, 3.63) is 12.0 Å². The van der Waals surface area contributed by atoms with Gasteiger partial charge in [0.25, 0.3) is 0 Å². The predicted octanol–water partition coefficient (Wildman–Crippen LogP) is -0.160. The lowest BCUT2D eigenvalue weighted by molar-refractivity contribution is -0.119. The summed E-state index contributed by atoms with van der Waals surface area (Å²) >= 11 is 0. The van der Waals surface area contributed by atoms with Gasteiger partial charge in [-0.1, -0.05) is 0 Å². The lowest BCUT2D eigenvalue weighted by Crippen LogP contribution is -2.34. The quantitative estimate of drug-likeness (QED) is 0.748. The van der Waals surface area contributed by atoms with Crippen molar-refractivity contribution in [1.29, 1.82) is 0 Å². The van der Waals surface area contributed by atoms with Crippen LogP contribution < -0.4 is 15.5 Å². The minimum absolute atomic E-state index is 0.0353. The standard InChI is InChI=1S/C9H14FN5O/c1-11-7(16)5-15(3)8-6(10)4-13-9(12-2)14-8/h4H,5H2,1-3H3,(H,11,16)(H,12,13,14). The molecule has 1 aromatic heterocycles. The molecule has 0 unspecified atom stereocenters. The van der Waals surface area contributed by atoms with Crippen molar-refractivity contribution in [2.45, 2.75) is 0 Å². The molecule has 1 aromatic rings. The highest BCUT2D eigenvalue weighted by Crippen LogP contribution is 2.15. The second-order valence-corrected chi connectivity index (χ2v) is 3.14. The normalized spacial score (nSPS) is 9.75. The van der Waals surface area contributed by atoms with E-state index in [0.29, 0.717) is 5.95 Å². The van der Waals surface area contributed by atoms with Crippen molar-refractivity contribution < 1.29 is 9.18 Å². The molecule has 0 fully saturated rings. The molecule has 0 saturated carbocycles. The lowest BCUT2D eigenvalue weighted by atomic mass is 10.4. The van der Waals surface area contributed by atoms with Crippen LogP contribution in [0.5, 0.6) is 0 Å². The van der Waals surface area contributed by atoms with Gasteiger partial charge in [0, 0.05) is 21.1 Å². The number of rotatable bonds is 4. The van der Waals surface area contributed by atoms with E-state index in [1.165, 1.54) is 11.9 Å². The van der Waals surface area contributed by atoms with Gasteiger partial charge in [-0.2, -0.15) is 4.98 Å². The molecular formula is C9H14FN5O. The Morgan fingerprint density at radius 3 is 2.81 bits per heavy atom. The molecule has 0 saturated heterocycles. The Kier molecular flexibility index (Phi) is 3.98. The summed E-state index contributed by atoms with van der Waals surface area (Å²) in [5.41, 5.74) is 0. The van der Waals surface area contributed by atoms with Crippen molar-refractivity contribution in [2.75, 3.05) is 37.9 Å². The molecule has 0 aliphatic rings. The molecule has 1 amide bonds. The first kappa shape index (κ1) is 12.2. The maximum Gasteiger partial charge on any atom is 0.239 e. The zero-order chi connectivity index (χ0) is 12.1. The molecule has 1 heterocycles. The van der Waals surface area contributed by atoms with Gasteiger partial charge in [0.15, 0.2) is 11.6 Å². The van der Waals surface area contributed by atoms with E-state index in [1.54, 1.807) is 14.1 Å². The van der Waals surface area contributed by atoms with E-state index in [1.807, 2.05) is 0 Å². The minimum Gasteiger partial charge on any atom is -0.358 e. The summed E-state index contributed by atoms with van der Waals surface area (Å²) in [6.07, 6.45) is 1.06. The highest BCUT2D eigenvalue weighted by atomic mass is 19.1. The molecule has 0 radical (unpaired) electrons. The van der Waals surface area contributed by atoms with E-state index < -0.39 is 5.82 Å². The first-order valence-electron chi connectivity index (χ1n) is 4.70. The van der Waals surface area contributed by atoms with Crippen LogP contribution in [-0.4, -0.2) is 43.6 Å². The van der Waals surface area contributed by atoms with Crippen LogP contribution in [0.15, 0.2) is 6.20 Å². The molecular weight excluding hydrogens is 213 g/mol. The van der Waals surface area contributed by atoms with Gasteiger partial charge in [0.05, 0.1) is 12.7 Å². The number of likely N-dealkylation sites (N-methyl/N-ethyl adjacent to an activating group) is 2. The monoisotopic (exact) mass is 227 g/mol. The van der Waals surface area contributed by atoms with Gasteiger partial charge < -0.3 is 15.5 Å². The van der Waals surface area contributed by atoms with Gasteiger partial charge >= 0.3 is 0 Å². The fourth-order valence-corrected chi connectivity index (χ4v) is 1.12. The van der Waals surface area contributed by atoms with Gasteiger partial charge in [-0.15, -0.1) is 0 Å². The third-order valence-electron chi connectivity index (χ3n) is 1.97. The van der Waals surface area contributed by atoms with Crippen molar-refractivity contribution in [1.82, 2.24) is 15.3 Å². The van der Waals surface area contributed by atoms with Gasteiger partial charge in [0.1, 0.15) is 0 Å². The van der Waals surface area contributed by atoms with Gasteiger partial charge in [-0.25, -0.2) is 9.37 Å². The number of nitrogens with zero attached hydrogens (tertiary/aromatic N) is 3. The van der Waals surface area contributed by atoms with Crippen LogP contribution in [0.2, 0.25) is 0 Å². The molecule has 7 heteroatoms. The number of hydrogen-bond donors (Lipinski definition) is 2. The highest BCUT2D eigenvalue weighted by molar-refractivity contribution is 5.80. The Labute approximate surface area is 92.9 Å². The Balaban J connectivity index is 2.88. The Bertz CT molecular complexity index is 384. The van der Waals surface area contributed by atoms with Crippen LogP contribution in [0.4, 0.5) is 16.2 Å². The molecule has 0 aliphatic carbocycles. The molecule has 0 atom stereocenters. The fourth-order valence-electron chi connectivity index (χ4n) is 1.12. The fraction of sp³-hybridized carbons (Fsp3) is 0.444. The number of halogens is 1. The van der Waals surface area contributed by atoms with Crippen LogP contribution in [0.3, 0.4) is 0 Å². The zero-order valence-corrected chi connectivity index (χ0v) is 9.41. The maximum absolute atomic E-state index is 13.4. The van der Waals surface area contributed by atoms with Crippen molar-refractivity contribution in [3.63, 3.8) is 0 Å². The average Bonchev–Trinajstić information content (AvgIpc) is 2.29. The molecule has 16 heavy (non-hydrogen) atoms. The molecule has 0 aliphatic heterocycles. The summed E-state index contributed by atoms with van der Waals surface area (Å²) < 4.78 is 13.4. The Morgan fingerprint density at radius 1 is 1.56 bits per heavy atom. The van der Waals surface area contributed by atoms with Crippen LogP contribution in [0.1, 0.15) is 0 Å². The largest absolute Gasteiger partial charge is 0.358 e. The third kappa shape index (κ3) is 2.78. The number of nitrogens with one attached hydrogen (secondary N) is 2. The topological polar surface area (TPSA) is 70.2 Å². The number of hydrogen-bond acceptors (Lipinski definition) is 5. The van der Waals surface area contributed by atoms with Gasteiger partial charge in [0.2, 0.25) is 11.9 Å². The summed E-state index contributed by atoms with van der Waals surface area (Å²) in [7, 11) is 4.74. The summed E-state index contributed by atoms with van der Waals surface area (Å²) in [6.45, 7) is 0.0353. The number of carbonyl (C=O) groups excluding carboxylic acids is 1. The van der Waals surface area contributed by atoms with Crippen LogP contribution >= 0.6 is 0 Å². The van der Waals surface area contributed by atoms with Crippen LogP contribution in [0, 0.1) is 5.82 Å². The average molecular weight is 227 g/mol. The summed E-state index contributed by atoms with van der Waals surface area (Å²) in [5.74, 6) is -0.389.